The van der Waals surface area contributed by atoms with Crippen LogP contribution in [0.4, 0.5) is 13.6 Å². The van der Waals surface area contributed by atoms with Gasteiger partial charge in [-0.3, -0.25) is 33.6 Å². The van der Waals surface area contributed by atoms with Gasteiger partial charge in [-0.25, -0.2) is 13.6 Å². The molecule has 0 aliphatic carbocycles. The fourth-order valence-electron chi connectivity index (χ4n) is 8.00. The molecule has 8 amide bonds. The van der Waals surface area contributed by atoms with Gasteiger partial charge in [-0.05, 0) is 60.1 Å². The number of benzene rings is 3. The van der Waals surface area contributed by atoms with E-state index < -0.39 is 114 Å². The summed E-state index contributed by atoms with van der Waals surface area (Å²) in [6, 6.07) is 16.0. The molecular formula is C52H68F2N10O10. The number of carbonyl (C=O) groups is 8. The zero-order valence-corrected chi connectivity index (χ0v) is 42.4. The first-order valence-corrected chi connectivity index (χ1v) is 24.0. The van der Waals surface area contributed by atoms with Gasteiger partial charge in [0.25, 0.3) is 0 Å². The van der Waals surface area contributed by atoms with Crippen molar-refractivity contribution in [1.82, 2.24) is 41.4 Å². The summed E-state index contributed by atoms with van der Waals surface area (Å²) < 4.78 is 37.0. The van der Waals surface area contributed by atoms with Crippen LogP contribution in [0.2, 0.25) is 0 Å². The second kappa shape index (κ2) is 27.9. The lowest BCUT2D eigenvalue weighted by atomic mass is 9.82. The van der Waals surface area contributed by atoms with Gasteiger partial charge in [0, 0.05) is 49.2 Å². The minimum absolute atomic E-state index is 0.0456. The number of nitrogens with two attached hydrogens (primary N) is 2. The van der Waals surface area contributed by atoms with Gasteiger partial charge in [0.2, 0.25) is 41.4 Å². The Kier molecular flexibility index (Phi) is 22.2. The molecule has 0 saturated carbocycles. The topological polar surface area (TPSA) is 298 Å². The molecule has 0 bridgehead atoms. The predicted octanol–water partition coefficient (Wildman–Crippen LogP) is 2.27. The molecule has 3 aromatic carbocycles. The fourth-order valence-corrected chi connectivity index (χ4v) is 8.00. The largest absolute Gasteiger partial charge is 0.445 e. The third-order valence-electron chi connectivity index (χ3n) is 11.7. The normalized spacial score (nSPS) is 13.3. The number of amides is 8. The fraction of sp³-hybridized carbons (Fsp3) is 0.423. The van der Waals surface area contributed by atoms with Gasteiger partial charge in [-0.1, -0.05) is 95.3 Å². The molecule has 4 aromatic rings. The summed E-state index contributed by atoms with van der Waals surface area (Å²) in [7, 11) is 0. The standard InChI is InChI=1S/C52H68F2N10O10/c1-31(2)45(62-51(73)74-30-34-15-11-8-12-16-34)50(72)59-32(3)47(69)61-40(25-42(56)66)49(71)60-39(48(70)58-21-20-57-43(67)26-55)19-22-64(44(68)29-65)46(52(4,5)6)41-23-35(37-24-36(53)17-18-38(37)54)28-63(41)27-33-13-9-7-10-14-33/h7-18,23-24,28,31-32,39-40,45-46,65H,19-22,25-27,29-30,55H2,1-6H3,(H2,56,66)(H,57,67)(H,58,70)(H,59,72)(H,60,71)(H,61,69)(H,62,73)/t32-,39-,40-,45?,46-/m0/s1. The molecule has 11 N–H and O–H groups in total. The number of alkyl carbamates (subject to hydrolysis) is 1. The molecule has 0 spiro atoms. The van der Waals surface area contributed by atoms with Gasteiger partial charge < -0.3 is 62.7 Å². The molecular weight excluding hydrogens is 963 g/mol. The highest BCUT2D eigenvalue weighted by Gasteiger charge is 2.39. The predicted molar refractivity (Wildman–Crippen MR) is 270 cm³/mol. The van der Waals surface area contributed by atoms with E-state index in [1.165, 1.54) is 11.8 Å². The third kappa shape index (κ3) is 17.8. The molecule has 1 heterocycles. The van der Waals surface area contributed by atoms with Crippen molar-refractivity contribution in [3.05, 3.63) is 120 Å². The first-order chi connectivity index (χ1) is 35.0. The average molecular weight is 1030 g/mol. The van der Waals surface area contributed by atoms with E-state index in [-0.39, 0.29) is 56.9 Å². The van der Waals surface area contributed by atoms with Crippen LogP contribution in [0.3, 0.4) is 0 Å². The number of rotatable bonds is 26. The Labute approximate surface area is 428 Å². The van der Waals surface area contributed by atoms with E-state index in [1.807, 2.05) is 51.1 Å². The number of primary amides is 1. The minimum atomic E-state index is -1.72. The van der Waals surface area contributed by atoms with Crippen LogP contribution in [0.5, 0.6) is 0 Å². The van der Waals surface area contributed by atoms with Crippen LogP contribution in [0, 0.1) is 23.0 Å². The number of aliphatic hydroxyl groups is 1. The third-order valence-corrected chi connectivity index (χ3v) is 11.7. The van der Waals surface area contributed by atoms with Gasteiger partial charge in [0.15, 0.2) is 0 Å². The van der Waals surface area contributed by atoms with Crippen LogP contribution in [-0.2, 0) is 51.5 Å². The van der Waals surface area contributed by atoms with Crippen molar-refractivity contribution >= 4 is 47.4 Å². The van der Waals surface area contributed by atoms with Crippen molar-refractivity contribution < 1.29 is 57.0 Å². The highest BCUT2D eigenvalue weighted by Crippen LogP contribution is 2.41. The smallest absolute Gasteiger partial charge is 0.408 e. The van der Waals surface area contributed by atoms with Gasteiger partial charge in [-0.2, -0.15) is 0 Å². The summed E-state index contributed by atoms with van der Waals surface area (Å²) in [5.74, 6) is -7.80. The molecule has 20 nitrogen and oxygen atoms in total. The summed E-state index contributed by atoms with van der Waals surface area (Å²) in [5, 5.41) is 25.5. The van der Waals surface area contributed by atoms with Gasteiger partial charge in [-0.15, -0.1) is 0 Å². The molecule has 0 aliphatic heterocycles. The first kappa shape index (κ1) is 58.8. The van der Waals surface area contributed by atoms with Crippen LogP contribution in [0.25, 0.3) is 11.1 Å². The second-order valence-electron chi connectivity index (χ2n) is 19.0. The number of nitrogens with zero attached hydrogens (tertiary/aromatic N) is 2. The average Bonchev–Trinajstić information content (AvgIpc) is 3.76. The number of hydrogen-bond acceptors (Lipinski definition) is 11. The Morgan fingerprint density at radius 1 is 0.757 bits per heavy atom. The molecule has 0 saturated heterocycles. The van der Waals surface area contributed by atoms with Crippen LogP contribution in [0.1, 0.15) is 77.2 Å². The number of nitrogens with one attached hydrogen (secondary N) is 6. The van der Waals surface area contributed by atoms with Crippen LogP contribution in [-0.4, -0.2) is 119 Å². The number of carbonyl (C=O) groups excluding carboxylic acids is 8. The summed E-state index contributed by atoms with van der Waals surface area (Å²) in [6.07, 6.45) is -0.380. The van der Waals surface area contributed by atoms with Gasteiger partial charge in [0.1, 0.15) is 49.0 Å². The van der Waals surface area contributed by atoms with Crippen molar-refractivity contribution in [1.29, 1.82) is 0 Å². The van der Waals surface area contributed by atoms with E-state index >= 15 is 4.39 Å². The number of aliphatic hydroxyl groups excluding tert-OH is 1. The molecule has 400 valence electrons. The minimum Gasteiger partial charge on any atom is -0.445 e. The highest BCUT2D eigenvalue weighted by molar-refractivity contribution is 5.97. The van der Waals surface area contributed by atoms with Gasteiger partial charge in [0.05, 0.1) is 19.0 Å². The van der Waals surface area contributed by atoms with Crippen LogP contribution >= 0.6 is 0 Å². The van der Waals surface area contributed by atoms with Crippen LogP contribution < -0.4 is 43.4 Å². The summed E-state index contributed by atoms with van der Waals surface area (Å²) in [4.78, 5) is 107. The molecule has 0 aliphatic rings. The van der Waals surface area contributed by atoms with Crippen molar-refractivity contribution in [3.63, 3.8) is 0 Å². The number of ether oxygens (including phenoxy) is 1. The maximum absolute atomic E-state index is 15.3. The summed E-state index contributed by atoms with van der Waals surface area (Å²) in [5.41, 5.74) is 12.3. The second-order valence-corrected chi connectivity index (χ2v) is 19.0. The molecule has 4 rings (SSSR count). The number of halogens is 2. The van der Waals surface area contributed by atoms with E-state index in [0.717, 1.165) is 23.8 Å². The van der Waals surface area contributed by atoms with Gasteiger partial charge >= 0.3 is 6.09 Å². The van der Waals surface area contributed by atoms with Crippen molar-refractivity contribution in [2.75, 3.05) is 32.8 Å². The zero-order valence-electron chi connectivity index (χ0n) is 42.4. The number of hydrogen-bond donors (Lipinski definition) is 9. The molecule has 0 fully saturated rings. The summed E-state index contributed by atoms with van der Waals surface area (Å²) in [6.45, 7) is 8.36. The monoisotopic (exact) mass is 1030 g/mol. The highest BCUT2D eigenvalue weighted by atomic mass is 19.1. The lowest BCUT2D eigenvalue weighted by molar-refractivity contribution is -0.140. The van der Waals surface area contributed by atoms with Crippen molar-refractivity contribution in [2.24, 2.45) is 22.8 Å². The quantitative estimate of drug-likeness (QED) is 0.0411. The first-order valence-electron chi connectivity index (χ1n) is 24.0. The van der Waals surface area contributed by atoms with E-state index in [9.17, 15) is 47.9 Å². The Morgan fingerprint density at radius 2 is 1.38 bits per heavy atom. The van der Waals surface area contributed by atoms with E-state index in [1.54, 1.807) is 61.0 Å². The van der Waals surface area contributed by atoms with Crippen molar-refractivity contribution in [3.8, 4) is 11.1 Å². The van der Waals surface area contributed by atoms with Crippen LogP contribution in [0.15, 0.2) is 91.1 Å². The lowest BCUT2D eigenvalue weighted by Crippen LogP contribution is -2.59. The SMILES string of the molecule is CC(C)C(NC(=O)OCc1ccccc1)C(=O)N[C@@H](C)C(=O)N[C@@H](CC(N)=O)C(=O)N[C@@H](CCN(C(=O)CO)[C@@H](c1cc(-c2cc(F)ccc2F)cn1Cc1ccccc1)C(C)(C)C)C(=O)NCCNC(=O)CN. The maximum Gasteiger partial charge on any atom is 0.408 e. The maximum atomic E-state index is 15.3. The molecule has 0 radical (unpaired) electrons. The Balaban J connectivity index is 1.63. The Morgan fingerprint density at radius 3 is 1.97 bits per heavy atom. The Hall–Kier alpha value is -7.72. The lowest BCUT2D eigenvalue weighted by Gasteiger charge is -2.41. The molecule has 74 heavy (non-hydrogen) atoms. The zero-order chi connectivity index (χ0) is 54.7. The van der Waals surface area contributed by atoms with E-state index in [0.29, 0.717) is 11.3 Å². The Bertz CT molecular complexity index is 2570. The molecule has 1 unspecified atom stereocenters. The van der Waals surface area contributed by atoms with Crippen molar-refractivity contribution in [2.45, 2.75) is 97.7 Å². The molecule has 1 aromatic heterocycles. The number of aromatic nitrogens is 1. The van der Waals surface area contributed by atoms with E-state index in [2.05, 4.69) is 31.9 Å². The molecule has 5 atom stereocenters. The van der Waals surface area contributed by atoms with E-state index in [4.69, 9.17) is 16.2 Å². The summed E-state index contributed by atoms with van der Waals surface area (Å²) >= 11 is 0. The molecule has 22 heteroatoms.